The Balaban J connectivity index is 1.58. The highest BCUT2D eigenvalue weighted by Gasteiger charge is 2.34. The molecule has 2 aromatic rings. The Hall–Kier alpha value is -2.61. The summed E-state index contributed by atoms with van der Waals surface area (Å²) >= 11 is 0. The van der Waals surface area contributed by atoms with Crippen LogP contribution in [0.2, 0.25) is 0 Å². The third kappa shape index (κ3) is 5.72. The van der Waals surface area contributed by atoms with Crippen molar-refractivity contribution in [2.24, 2.45) is 5.92 Å². The van der Waals surface area contributed by atoms with Crippen molar-refractivity contribution < 1.29 is 27.8 Å². The van der Waals surface area contributed by atoms with Gasteiger partial charge in [-0.2, -0.15) is 13.2 Å². The molecule has 0 spiro atoms. The second-order valence-electron chi connectivity index (χ2n) is 8.10. The molecule has 1 aromatic carbocycles. The summed E-state index contributed by atoms with van der Waals surface area (Å²) in [4.78, 5) is 18.9. The number of carbonyl (C=O) groups is 1. The molecule has 3 N–H and O–H groups in total. The van der Waals surface area contributed by atoms with E-state index in [9.17, 15) is 18.0 Å². The van der Waals surface area contributed by atoms with E-state index in [1.165, 1.54) is 11.0 Å². The van der Waals surface area contributed by atoms with Gasteiger partial charge in [0.2, 0.25) is 5.91 Å². The minimum absolute atomic E-state index is 0.0427. The number of likely N-dealkylation sites (N-methyl/N-ethyl adjacent to an activating group) is 1. The quantitative estimate of drug-likeness (QED) is 0.745. The number of alkyl halides is 3. The van der Waals surface area contributed by atoms with Gasteiger partial charge in [0.05, 0.1) is 32.7 Å². The number of aromatic nitrogens is 1. The molecule has 0 radical (unpaired) electrons. The SMILES string of the molecule is C[NH+](C)C[C@@H](NC(=O)C1CCN(c2ccc(C(F)(F)F)c[nH+]2)CC1)c1ccccc1. The molecule has 1 saturated heterocycles. The minimum atomic E-state index is -4.36. The number of piperidine rings is 1. The number of amides is 1. The fraction of sp³-hybridized carbons (Fsp3) is 0.455. The predicted molar refractivity (Wildman–Crippen MR) is 108 cm³/mol. The van der Waals surface area contributed by atoms with Gasteiger partial charge in [-0.15, -0.1) is 0 Å². The van der Waals surface area contributed by atoms with Gasteiger partial charge in [-0.3, -0.25) is 9.69 Å². The molecule has 8 heteroatoms. The number of nitrogens with zero attached hydrogens (tertiary/aromatic N) is 1. The number of anilines is 1. The van der Waals surface area contributed by atoms with Crippen molar-refractivity contribution in [2.75, 3.05) is 38.6 Å². The molecular weight excluding hydrogens is 393 g/mol. The first kappa shape index (κ1) is 22.1. The zero-order chi connectivity index (χ0) is 21.7. The average Bonchev–Trinajstić information content (AvgIpc) is 2.73. The van der Waals surface area contributed by atoms with Crippen LogP contribution in [-0.2, 0) is 11.0 Å². The van der Waals surface area contributed by atoms with Crippen molar-refractivity contribution >= 4 is 11.7 Å². The first-order valence-electron chi connectivity index (χ1n) is 10.2. The van der Waals surface area contributed by atoms with E-state index in [0.717, 1.165) is 24.4 Å². The lowest BCUT2D eigenvalue weighted by Crippen LogP contribution is -3.06. The fourth-order valence-electron chi connectivity index (χ4n) is 3.81. The van der Waals surface area contributed by atoms with Crippen LogP contribution >= 0.6 is 0 Å². The standard InChI is InChI=1S/C22H27F3N4O/c1-28(2)15-19(16-6-4-3-5-7-16)27-21(30)17-10-12-29(13-11-17)20-9-8-18(14-26-20)22(23,24)25/h3-9,14,17,19H,10-13,15H2,1-2H3,(H,27,30)/p+2/t19-/m1/s1. The zero-order valence-electron chi connectivity index (χ0n) is 17.3. The second kappa shape index (κ2) is 9.47. The normalized spacial score (nSPS) is 16.5. The number of quaternary nitrogens is 1. The third-order valence-corrected chi connectivity index (χ3v) is 5.46. The average molecular weight is 422 g/mol. The van der Waals surface area contributed by atoms with Crippen molar-refractivity contribution in [1.82, 2.24) is 5.32 Å². The van der Waals surface area contributed by atoms with Crippen LogP contribution in [0.3, 0.4) is 0 Å². The van der Waals surface area contributed by atoms with Crippen molar-refractivity contribution in [3.63, 3.8) is 0 Å². The Labute approximate surface area is 174 Å². The van der Waals surface area contributed by atoms with E-state index in [0.29, 0.717) is 31.7 Å². The van der Waals surface area contributed by atoms with E-state index in [1.54, 1.807) is 0 Å². The van der Waals surface area contributed by atoms with Crippen molar-refractivity contribution in [3.8, 4) is 0 Å². The van der Waals surface area contributed by atoms with Crippen LogP contribution < -0.4 is 20.1 Å². The summed E-state index contributed by atoms with van der Waals surface area (Å²) in [5.74, 6) is 0.584. The molecule has 1 amide bonds. The Morgan fingerprint density at radius 1 is 1.17 bits per heavy atom. The molecule has 3 rings (SSSR count). The monoisotopic (exact) mass is 422 g/mol. The van der Waals surface area contributed by atoms with Gasteiger partial charge in [0.25, 0.3) is 5.82 Å². The number of nitrogens with one attached hydrogen (secondary N) is 3. The largest absolute Gasteiger partial charge is 0.419 e. The summed E-state index contributed by atoms with van der Waals surface area (Å²) in [5.41, 5.74) is 0.388. The molecule has 2 heterocycles. The van der Waals surface area contributed by atoms with Gasteiger partial charge in [-0.05, 0) is 24.5 Å². The van der Waals surface area contributed by atoms with E-state index in [1.807, 2.05) is 35.2 Å². The Bertz CT molecular complexity index is 817. The van der Waals surface area contributed by atoms with E-state index in [4.69, 9.17) is 0 Å². The molecule has 1 fully saturated rings. The van der Waals surface area contributed by atoms with E-state index >= 15 is 0 Å². The summed E-state index contributed by atoms with van der Waals surface area (Å²) in [7, 11) is 4.11. The highest BCUT2D eigenvalue weighted by molar-refractivity contribution is 5.79. The molecule has 1 aliphatic rings. The lowest BCUT2D eigenvalue weighted by Gasteiger charge is -2.29. The molecule has 162 valence electrons. The maximum atomic E-state index is 12.9. The molecule has 30 heavy (non-hydrogen) atoms. The van der Waals surface area contributed by atoms with E-state index < -0.39 is 11.7 Å². The number of rotatable bonds is 6. The molecule has 1 aliphatic heterocycles. The predicted octanol–water partition coefficient (Wildman–Crippen LogP) is 1.74. The van der Waals surface area contributed by atoms with Gasteiger partial charge in [0, 0.05) is 12.0 Å². The van der Waals surface area contributed by atoms with Crippen molar-refractivity contribution in [2.45, 2.75) is 25.1 Å². The lowest BCUT2D eigenvalue weighted by atomic mass is 9.95. The van der Waals surface area contributed by atoms with Crippen molar-refractivity contribution in [1.29, 1.82) is 0 Å². The van der Waals surface area contributed by atoms with Crippen molar-refractivity contribution in [3.05, 3.63) is 59.8 Å². The van der Waals surface area contributed by atoms with Gasteiger partial charge in [-0.25, -0.2) is 4.98 Å². The Kier molecular flexibility index (Phi) is 6.97. The van der Waals surface area contributed by atoms with Crippen LogP contribution in [0.15, 0.2) is 48.7 Å². The molecule has 0 aliphatic carbocycles. The molecule has 1 aromatic heterocycles. The highest BCUT2D eigenvalue weighted by atomic mass is 19.4. The van der Waals surface area contributed by atoms with Gasteiger partial charge >= 0.3 is 6.18 Å². The molecule has 0 bridgehead atoms. The summed E-state index contributed by atoms with van der Waals surface area (Å²) in [6.07, 6.45) is -2.04. The Morgan fingerprint density at radius 2 is 1.83 bits per heavy atom. The number of carbonyl (C=O) groups excluding carboxylic acids is 1. The second-order valence-corrected chi connectivity index (χ2v) is 8.10. The van der Waals surface area contributed by atoms with Gasteiger partial charge < -0.3 is 10.2 Å². The summed E-state index contributed by atoms with van der Waals surface area (Å²) in [6, 6.07) is 12.4. The maximum Gasteiger partial charge on any atom is 0.419 e. The van der Waals surface area contributed by atoms with Crippen LogP contribution in [-0.4, -0.2) is 39.6 Å². The highest BCUT2D eigenvalue weighted by Crippen LogP contribution is 2.29. The first-order chi connectivity index (χ1) is 14.2. The zero-order valence-corrected chi connectivity index (χ0v) is 17.3. The molecule has 0 saturated carbocycles. The molecule has 1 atom stereocenters. The first-order valence-corrected chi connectivity index (χ1v) is 10.2. The van der Waals surface area contributed by atoms with Gasteiger partial charge in [0.15, 0.2) is 0 Å². The summed E-state index contributed by atoms with van der Waals surface area (Å²) < 4.78 is 38.2. The van der Waals surface area contributed by atoms with Crippen LogP contribution in [0.1, 0.15) is 30.0 Å². The number of pyridine rings is 1. The molecule has 5 nitrogen and oxygen atoms in total. The maximum absolute atomic E-state index is 12.9. The number of benzene rings is 1. The molecule has 0 unspecified atom stereocenters. The van der Waals surface area contributed by atoms with Gasteiger partial charge in [-0.1, -0.05) is 30.3 Å². The number of halogens is 3. The molecular formula is C22H29F3N4O+2. The summed E-state index contributed by atoms with van der Waals surface area (Å²) in [6.45, 7) is 2.03. The van der Waals surface area contributed by atoms with Gasteiger partial charge in [0.1, 0.15) is 18.8 Å². The number of H-pyrrole nitrogens is 1. The fourth-order valence-corrected chi connectivity index (χ4v) is 3.81. The van der Waals surface area contributed by atoms with E-state index in [-0.39, 0.29) is 17.9 Å². The topological polar surface area (TPSA) is 50.9 Å². The lowest BCUT2D eigenvalue weighted by molar-refractivity contribution is -0.860. The van der Waals surface area contributed by atoms with E-state index in [2.05, 4.69) is 24.4 Å². The smallest absolute Gasteiger partial charge is 0.343 e. The van der Waals surface area contributed by atoms with Crippen LogP contribution in [0.4, 0.5) is 19.0 Å². The number of hydrogen-bond donors (Lipinski definition) is 2. The van der Waals surface area contributed by atoms with Crippen LogP contribution in [0.25, 0.3) is 0 Å². The van der Waals surface area contributed by atoms with Crippen LogP contribution in [0, 0.1) is 5.92 Å². The minimum Gasteiger partial charge on any atom is -0.343 e. The number of hydrogen-bond acceptors (Lipinski definition) is 2. The third-order valence-electron chi connectivity index (χ3n) is 5.46. The van der Waals surface area contributed by atoms with Crippen LogP contribution in [0.5, 0.6) is 0 Å². The number of aromatic amines is 1. The Morgan fingerprint density at radius 3 is 2.37 bits per heavy atom. The summed E-state index contributed by atoms with van der Waals surface area (Å²) in [5, 5.41) is 3.20.